The normalized spacial score (nSPS) is 35.8. The van der Waals surface area contributed by atoms with Gasteiger partial charge in [0.2, 0.25) is 0 Å². The Kier molecular flexibility index (Phi) is 3.82. The minimum atomic E-state index is 0.744. The predicted octanol–water partition coefficient (Wildman–Crippen LogP) is 2.33. The molecule has 2 rings (SSSR count). The van der Waals surface area contributed by atoms with Crippen molar-refractivity contribution in [2.24, 2.45) is 5.92 Å². The highest BCUT2D eigenvalue weighted by Gasteiger charge is 2.22. The summed E-state index contributed by atoms with van der Waals surface area (Å²) in [6, 6.07) is 1.54. The number of piperidine rings is 1. The van der Waals surface area contributed by atoms with Gasteiger partial charge in [-0.15, -0.1) is 0 Å². The summed E-state index contributed by atoms with van der Waals surface area (Å²) >= 11 is 0. The van der Waals surface area contributed by atoms with Crippen molar-refractivity contribution >= 4 is 0 Å². The topological polar surface area (TPSA) is 21.3 Å². The zero-order valence-corrected chi connectivity index (χ0v) is 9.30. The molecule has 0 amide bonds. The molecule has 1 N–H and O–H groups in total. The minimum Gasteiger partial charge on any atom is -0.381 e. The molecule has 2 fully saturated rings. The monoisotopic (exact) mass is 197 g/mol. The van der Waals surface area contributed by atoms with E-state index in [0.717, 1.165) is 31.2 Å². The smallest absolute Gasteiger partial charge is 0.0468 e. The van der Waals surface area contributed by atoms with E-state index in [9.17, 15) is 0 Å². The molecule has 0 bridgehead atoms. The van der Waals surface area contributed by atoms with Crippen LogP contribution in [0.4, 0.5) is 0 Å². The molecule has 2 heterocycles. The summed E-state index contributed by atoms with van der Waals surface area (Å²) in [6.45, 7) is 4.30. The van der Waals surface area contributed by atoms with Gasteiger partial charge in [0.1, 0.15) is 0 Å². The van der Waals surface area contributed by atoms with E-state index in [1.165, 1.54) is 38.5 Å². The second-order valence-corrected chi connectivity index (χ2v) is 4.99. The Bertz CT molecular complexity index is 166. The fourth-order valence-electron chi connectivity index (χ4n) is 2.81. The van der Waals surface area contributed by atoms with E-state index in [2.05, 4.69) is 12.2 Å². The van der Waals surface area contributed by atoms with Crippen molar-refractivity contribution in [3.8, 4) is 0 Å². The Labute approximate surface area is 87.4 Å². The van der Waals surface area contributed by atoms with E-state index >= 15 is 0 Å². The Morgan fingerprint density at radius 2 is 1.93 bits per heavy atom. The molecule has 2 heteroatoms. The van der Waals surface area contributed by atoms with Crippen LogP contribution in [0, 0.1) is 5.92 Å². The van der Waals surface area contributed by atoms with E-state index in [0.29, 0.717) is 0 Å². The van der Waals surface area contributed by atoms with Crippen LogP contribution in [-0.2, 0) is 4.74 Å². The lowest BCUT2D eigenvalue weighted by Gasteiger charge is -2.32. The lowest BCUT2D eigenvalue weighted by Crippen LogP contribution is -2.42. The molecule has 14 heavy (non-hydrogen) atoms. The third-order valence-electron chi connectivity index (χ3n) is 3.67. The fourth-order valence-corrected chi connectivity index (χ4v) is 2.81. The van der Waals surface area contributed by atoms with Crippen LogP contribution in [-0.4, -0.2) is 25.3 Å². The van der Waals surface area contributed by atoms with Gasteiger partial charge in [0.05, 0.1) is 0 Å². The molecule has 2 aliphatic heterocycles. The van der Waals surface area contributed by atoms with Gasteiger partial charge in [-0.3, -0.25) is 0 Å². The van der Waals surface area contributed by atoms with E-state index in [1.54, 1.807) is 0 Å². The van der Waals surface area contributed by atoms with Crippen molar-refractivity contribution in [2.45, 2.75) is 57.5 Å². The quantitative estimate of drug-likeness (QED) is 0.733. The van der Waals surface area contributed by atoms with Gasteiger partial charge >= 0.3 is 0 Å². The lowest BCUT2D eigenvalue weighted by atomic mass is 9.88. The van der Waals surface area contributed by atoms with Crippen LogP contribution in [0.15, 0.2) is 0 Å². The molecule has 2 saturated heterocycles. The van der Waals surface area contributed by atoms with Crippen LogP contribution in [0.2, 0.25) is 0 Å². The van der Waals surface area contributed by atoms with Gasteiger partial charge in [-0.2, -0.15) is 0 Å². The first-order chi connectivity index (χ1) is 6.84. The van der Waals surface area contributed by atoms with Crippen molar-refractivity contribution in [3.63, 3.8) is 0 Å². The molecule has 2 aliphatic rings. The first-order valence-electron chi connectivity index (χ1n) is 6.18. The maximum atomic E-state index is 5.39. The second-order valence-electron chi connectivity index (χ2n) is 4.99. The minimum absolute atomic E-state index is 0.744. The van der Waals surface area contributed by atoms with E-state index < -0.39 is 0 Å². The third kappa shape index (κ3) is 2.96. The number of ether oxygens (including phenoxy) is 1. The molecule has 0 radical (unpaired) electrons. The largest absolute Gasteiger partial charge is 0.381 e. The predicted molar refractivity (Wildman–Crippen MR) is 58.4 cm³/mol. The fraction of sp³-hybridized carbons (Fsp3) is 1.00. The first kappa shape index (κ1) is 10.4. The first-order valence-corrected chi connectivity index (χ1v) is 6.18. The highest BCUT2D eigenvalue weighted by atomic mass is 16.5. The standard InChI is InChI=1S/C12H23NO/c1-10-3-2-4-12(13-10)9-11-5-7-14-8-6-11/h10-13H,2-9H2,1H3. The number of hydrogen-bond donors (Lipinski definition) is 1. The molecular weight excluding hydrogens is 174 g/mol. The second kappa shape index (κ2) is 5.13. The van der Waals surface area contributed by atoms with Crippen molar-refractivity contribution in [1.82, 2.24) is 5.32 Å². The van der Waals surface area contributed by atoms with Gasteiger partial charge in [-0.25, -0.2) is 0 Å². The van der Waals surface area contributed by atoms with Crippen molar-refractivity contribution in [2.75, 3.05) is 13.2 Å². The van der Waals surface area contributed by atoms with Gasteiger partial charge in [0.15, 0.2) is 0 Å². The zero-order chi connectivity index (χ0) is 9.80. The van der Waals surface area contributed by atoms with Crippen LogP contribution < -0.4 is 5.32 Å². The van der Waals surface area contributed by atoms with Gasteiger partial charge in [0, 0.05) is 25.3 Å². The molecule has 0 aliphatic carbocycles. The van der Waals surface area contributed by atoms with Crippen LogP contribution in [0.25, 0.3) is 0 Å². The van der Waals surface area contributed by atoms with E-state index in [1.807, 2.05) is 0 Å². The average molecular weight is 197 g/mol. The summed E-state index contributed by atoms with van der Waals surface area (Å²) < 4.78 is 5.39. The SMILES string of the molecule is CC1CCCC(CC2CCOCC2)N1. The summed E-state index contributed by atoms with van der Waals surface area (Å²) in [7, 11) is 0. The molecule has 0 aromatic carbocycles. The molecule has 2 nitrogen and oxygen atoms in total. The summed E-state index contributed by atoms with van der Waals surface area (Å²) in [4.78, 5) is 0. The number of hydrogen-bond acceptors (Lipinski definition) is 2. The van der Waals surface area contributed by atoms with Crippen LogP contribution in [0.5, 0.6) is 0 Å². The van der Waals surface area contributed by atoms with E-state index in [-0.39, 0.29) is 0 Å². The maximum absolute atomic E-state index is 5.39. The maximum Gasteiger partial charge on any atom is 0.0468 e. The zero-order valence-electron chi connectivity index (χ0n) is 9.30. The molecule has 82 valence electrons. The average Bonchev–Trinajstić information content (AvgIpc) is 2.19. The molecule has 0 aromatic rings. The summed E-state index contributed by atoms with van der Waals surface area (Å²) in [5.74, 6) is 0.923. The van der Waals surface area contributed by atoms with Crippen LogP contribution in [0.1, 0.15) is 45.4 Å². The lowest BCUT2D eigenvalue weighted by molar-refractivity contribution is 0.0586. The van der Waals surface area contributed by atoms with Crippen LogP contribution >= 0.6 is 0 Å². The molecular formula is C12H23NO. The highest BCUT2D eigenvalue weighted by molar-refractivity contribution is 4.80. The Morgan fingerprint density at radius 1 is 1.14 bits per heavy atom. The van der Waals surface area contributed by atoms with Crippen molar-refractivity contribution in [1.29, 1.82) is 0 Å². The Balaban J connectivity index is 1.72. The Hall–Kier alpha value is -0.0800. The summed E-state index contributed by atoms with van der Waals surface area (Å²) in [6.07, 6.45) is 8.13. The van der Waals surface area contributed by atoms with Crippen molar-refractivity contribution in [3.05, 3.63) is 0 Å². The third-order valence-corrected chi connectivity index (χ3v) is 3.67. The molecule has 2 atom stereocenters. The van der Waals surface area contributed by atoms with Crippen LogP contribution in [0.3, 0.4) is 0 Å². The van der Waals surface area contributed by atoms with Gasteiger partial charge in [-0.1, -0.05) is 6.42 Å². The summed E-state index contributed by atoms with van der Waals surface area (Å²) in [5.41, 5.74) is 0. The number of rotatable bonds is 2. The number of nitrogens with one attached hydrogen (secondary N) is 1. The molecule has 0 aromatic heterocycles. The highest BCUT2D eigenvalue weighted by Crippen LogP contribution is 2.24. The van der Waals surface area contributed by atoms with Gasteiger partial charge in [0.25, 0.3) is 0 Å². The molecule has 0 saturated carbocycles. The summed E-state index contributed by atoms with van der Waals surface area (Å²) in [5, 5.41) is 3.72. The van der Waals surface area contributed by atoms with Gasteiger partial charge < -0.3 is 10.1 Å². The molecule has 2 unspecified atom stereocenters. The van der Waals surface area contributed by atoms with Crippen molar-refractivity contribution < 1.29 is 4.74 Å². The van der Waals surface area contributed by atoms with E-state index in [4.69, 9.17) is 4.74 Å². The van der Waals surface area contributed by atoms with Gasteiger partial charge in [-0.05, 0) is 44.9 Å². The molecule has 0 spiro atoms. The Morgan fingerprint density at radius 3 is 2.64 bits per heavy atom.